The van der Waals surface area contributed by atoms with Crippen molar-refractivity contribution < 1.29 is 18.6 Å². The molecule has 6 heteroatoms. The van der Waals surface area contributed by atoms with Gasteiger partial charge in [-0.1, -0.05) is 5.09 Å². The molecular formula is C8H17NO4P+. The van der Waals surface area contributed by atoms with Gasteiger partial charge in [-0.05, 0) is 32.3 Å². The Labute approximate surface area is 85.1 Å². The van der Waals surface area contributed by atoms with Crippen LogP contribution in [0.4, 0.5) is 0 Å². The summed E-state index contributed by atoms with van der Waals surface area (Å²) in [5, 5.41) is 2.50. The minimum atomic E-state index is -1.98. The van der Waals surface area contributed by atoms with Gasteiger partial charge in [-0.3, -0.25) is 4.79 Å². The third-order valence-electron chi connectivity index (χ3n) is 1.25. The molecule has 0 radical (unpaired) electrons. The Bertz CT molecular complexity index is 208. The summed E-state index contributed by atoms with van der Waals surface area (Å²) in [7, 11) is -1.98. The second-order valence-electron chi connectivity index (χ2n) is 3.01. The molecule has 0 saturated carbocycles. The van der Waals surface area contributed by atoms with E-state index in [1.165, 1.54) is 0 Å². The van der Waals surface area contributed by atoms with E-state index in [9.17, 15) is 9.36 Å². The van der Waals surface area contributed by atoms with Crippen LogP contribution in [-0.2, 0) is 18.6 Å². The van der Waals surface area contributed by atoms with Gasteiger partial charge in [-0.15, -0.1) is 4.52 Å². The Balaban J connectivity index is 3.88. The molecule has 0 spiro atoms. The third-order valence-corrected chi connectivity index (χ3v) is 2.34. The van der Waals surface area contributed by atoms with Crippen molar-refractivity contribution in [3.63, 3.8) is 0 Å². The van der Waals surface area contributed by atoms with Crippen LogP contribution in [0.5, 0.6) is 0 Å². The number of carbonyl (C=O) groups is 1. The van der Waals surface area contributed by atoms with Crippen LogP contribution in [0.25, 0.3) is 0 Å². The molecular weight excluding hydrogens is 205 g/mol. The Morgan fingerprint density at radius 3 is 2.43 bits per heavy atom. The second kappa shape index (κ2) is 6.87. The molecule has 0 aromatic carbocycles. The minimum Gasteiger partial charge on any atom is -0.462 e. The summed E-state index contributed by atoms with van der Waals surface area (Å²) < 4.78 is 20.7. The number of ether oxygens (including phenoxy) is 1. The molecule has 0 amide bonds. The SMILES string of the molecule is CCO[P+](=O)N[C@@H](C)C(=O)OC(C)C. The van der Waals surface area contributed by atoms with Crippen LogP contribution in [0.2, 0.25) is 0 Å². The third kappa shape index (κ3) is 6.02. The highest BCUT2D eigenvalue weighted by Crippen LogP contribution is 2.16. The lowest BCUT2D eigenvalue weighted by Gasteiger charge is -2.10. The molecule has 0 aliphatic rings. The molecule has 2 atom stereocenters. The maximum absolute atomic E-state index is 11.2. The molecule has 14 heavy (non-hydrogen) atoms. The molecule has 82 valence electrons. The van der Waals surface area contributed by atoms with Crippen molar-refractivity contribution in [1.29, 1.82) is 0 Å². The molecule has 1 N–H and O–H groups in total. The van der Waals surface area contributed by atoms with Crippen molar-refractivity contribution in [1.82, 2.24) is 5.09 Å². The highest BCUT2D eigenvalue weighted by molar-refractivity contribution is 7.36. The van der Waals surface area contributed by atoms with Gasteiger partial charge in [0.2, 0.25) is 0 Å². The van der Waals surface area contributed by atoms with Crippen LogP contribution in [0, 0.1) is 0 Å². The topological polar surface area (TPSA) is 64.6 Å². The van der Waals surface area contributed by atoms with Gasteiger partial charge in [-0.2, -0.15) is 0 Å². The minimum absolute atomic E-state index is 0.170. The molecule has 0 aromatic heterocycles. The standard InChI is InChI=1S/C8H17NO4P/c1-5-12-14(11)9-7(4)8(10)13-6(2)3/h6-7H,5H2,1-4H3,(H,9,11)/q+1/t7-/m0/s1. The zero-order valence-corrected chi connectivity index (χ0v) is 9.84. The van der Waals surface area contributed by atoms with E-state index in [1.54, 1.807) is 27.7 Å². The molecule has 0 aliphatic heterocycles. The Morgan fingerprint density at radius 2 is 2.00 bits per heavy atom. The number of rotatable bonds is 6. The summed E-state index contributed by atoms with van der Waals surface area (Å²) in [6, 6.07) is -0.618. The quantitative estimate of drug-likeness (QED) is 0.546. The predicted molar refractivity (Wildman–Crippen MR) is 53.1 cm³/mol. The smallest absolute Gasteiger partial charge is 0.462 e. The summed E-state index contributed by atoms with van der Waals surface area (Å²) in [5.74, 6) is -0.428. The molecule has 0 rings (SSSR count). The molecule has 1 unspecified atom stereocenters. The Hall–Kier alpha value is -0.510. The van der Waals surface area contributed by atoms with Gasteiger partial charge in [0.05, 0.1) is 6.10 Å². The molecule has 0 saturated heterocycles. The average Bonchev–Trinajstić information content (AvgIpc) is 2.02. The highest BCUT2D eigenvalue weighted by atomic mass is 31.1. The lowest BCUT2D eigenvalue weighted by atomic mass is 10.4. The lowest BCUT2D eigenvalue weighted by molar-refractivity contribution is -0.148. The van der Waals surface area contributed by atoms with Crippen molar-refractivity contribution in [2.75, 3.05) is 6.61 Å². The fraction of sp³-hybridized carbons (Fsp3) is 0.875. The molecule has 0 aromatic rings. The zero-order chi connectivity index (χ0) is 11.1. The summed E-state index contributed by atoms with van der Waals surface area (Å²) in [6.07, 6.45) is -0.170. The van der Waals surface area contributed by atoms with Crippen molar-refractivity contribution in [3.05, 3.63) is 0 Å². The summed E-state index contributed by atoms with van der Waals surface area (Å²) in [6.45, 7) is 7.16. The highest BCUT2D eigenvalue weighted by Gasteiger charge is 2.26. The van der Waals surface area contributed by atoms with Gasteiger partial charge in [0.25, 0.3) is 0 Å². The first kappa shape index (κ1) is 13.5. The fourth-order valence-electron chi connectivity index (χ4n) is 0.700. The van der Waals surface area contributed by atoms with Crippen molar-refractivity contribution in [3.8, 4) is 0 Å². The van der Waals surface area contributed by atoms with E-state index in [0.717, 1.165) is 0 Å². The maximum atomic E-state index is 11.2. The largest absolute Gasteiger partial charge is 0.613 e. The molecule has 5 nitrogen and oxygen atoms in total. The van der Waals surface area contributed by atoms with Crippen LogP contribution in [-0.4, -0.2) is 24.7 Å². The van der Waals surface area contributed by atoms with Gasteiger partial charge in [0.1, 0.15) is 12.6 Å². The number of hydrogen-bond donors (Lipinski definition) is 1. The summed E-state index contributed by atoms with van der Waals surface area (Å²) >= 11 is 0. The number of hydrogen-bond acceptors (Lipinski definition) is 4. The van der Waals surface area contributed by atoms with Crippen LogP contribution in [0.1, 0.15) is 27.7 Å². The van der Waals surface area contributed by atoms with E-state index in [0.29, 0.717) is 6.61 Å². The first-order valence-electron chi connectivity index (χ1n) is 4.54. The van der Waals surface area contributed by atoms with Gasteiger partial charge < -0.3 is 4.74 Å². The molecule has 0 bridgehead atoms. The van der Waals surface area contributed by atoms with Crippen molar-refractivity contribution in [2.45, 2.75) is 39.8 Å². The number of carbonyl (C=O) groups excluding carboxylic acids is 1. The first-order chi connectivity index (χ1) is 6.47. The van der Waals surface area contributed by atoms with Crippen LogP contribution in [0.3, 0.4) is 0 Å². The van der Waals surface area contributed by atoms with Gasteiger partial charge in [0.15, 0.2) is 0 Å². The Kier molecular flexibility index (Phi) is 6.62. The van der Waals surface area contributed by atoms with Crippen molar-refractivity contribution >= 4 is 14.1 Å². The maximum Gasteiger partial charge on any atom is 0.613 e. The fourth-order valence-corrected chi connectivity index (χ4v) is 1.43. The number of esters is 1. The second-order valence-corrected chi connectivity index (χ2v) is 4.04. The summed E-state index contributed by atoms with van der Waals surface area (Å²) in [4.78, 5) is 11.2. The van der Waals surface area contributed by atoms with E-state index >= 15 is 0 Å². The zero-order valence-electron chi connectivity index (χ0n) is 8.94. The van der Waals surface area contributed by atoms with Crippen LogP contribution < -0.4 is 5.09 Å². The predicted octanol–water partition coefficient (Wildman–Crippen LogP) is 1.61. The molecule has 0 fully saturated rings. The van der Waals surface area contributed by atoms with Crippen LogP contribution >= 0.6 is 8.18 Å². The lowest BCUT2D eigenvalue weighted by Crippen LogP contribution is -2.32. The summed E-state index contributed by atoms with van der Waals surface area (Å²) in [5.41, 5.74) is 0. The van der Waals surface area contributed by atoms with E-state index in [4.69, 9.17) is 9.26 Å². The Morgan fingerprint density at radius 1 is 1.43 bits per heavy atom. The first-order valence-corrected chi connectivity index (χ1v) is 5.72. The number of nitrogens with one attached hydrogen (secondary N) is 1. The van der Waals surface area contributed by atoms with Gasteiger partial charge in [0, 0.05) is 0 Å². The van der Waals surface area contributed by atoms with Crippen molar-refractivity contribution in [2.24, 2.45) is 0 Å². The van der Waals surface area contributed by atoms with E-state index in [1.807, 2.05) is 0 Å². The van der Waals surface area contributed by atoms with E-state index in [-0.39, 0.29) is 6.10 Å². The average molecular weight is 222 g/mol. The van der Waals surface area contributed by atoms with E-state index in [2.05, 4.69) is 5.09 Å². The normalized spacial score (nSPS) is 13.9. The van der Waals surface area contributed by atoms with Gasteiger partial charge in [-0.25, -0.2) is 0 Å². The van der Waals surface area contributed by atoms with Gasteiger partial charge >= 0.3 is 14.1 Å². The molecule has 0 aliphatic carbocycles. The molecule has 0 heterocycles. The monoisotopic (exact) mass is 222 g/mol. The van der Waals surface area contributed by atoms with E-state index < -0.39 is 20.2 Å². The van der Waals surface area contributed by atoms with Crippen LogP contribution in [0.15, 0.2) is 0 Å².